The second-order valence-electron chi connectivity index (χ2n) is 5.48. The summed E-state index contributed by atoms with van der Waals surface area (Å²) >= 11 is 1.74. The topological polar surface area (TPSA) is 59.9 Å². The van der Waals surface area contributed by atoms with Gasteiger partial charge in [0, 0.05) is 4.88 Å². The first kappa shape index (κ1) is 15.2. The number of aryl methyl sites for hydroxylation is 2. The summed E-state index contributed by atoms with van der Waals surface area (Å²) in [5.41, 5.74) is 2.07. The van der Waals surface area contributed by atoms with Gasteiger partial charge in [-0.15, -0.1) is 11.3 Å². The molecule has 0 atom stereocenters. The summed E-state index contributed by atoms with van der Waals surface area (Å²) in [7, 11) is 0. The predicted molar refractivity (Wildman–Crippen MR) is 87.6 cm³/mol. The Bertz CT molecular complexity index is 866. The number of hydrogen-bond donors (Lipinski definition) is 1. The number of pyridine rings is 1. The first-order valence-corrected chi connectivity index (χ1v) is 8.41. The zero-order chi connectivity index (χ0) is 16.5. The molecule has 1 aliphatic rings. The third-order valence-corrected chi connectivity index (χ3v) is 5.16. The highest BCUT2D eigenvalue weighted by Crippen LogP contribution is 2.39. The summed E-state index contributed by atoms with van der Waals surface area (Å²) in [6.45, 7) is -2.39. The zero-order valence-corrected chi connectivity index (χ0v) is 13.4. The highest BCUT2D eigenvalue weighted by Gasteiger charge is 2.21. The highest BCUT2D eigenvalue weighted by atomic mass is 32.1. The van der Waals surface area contributed by atoms with Crippen molar-refractivity contribution < 1.29 is 13.5 Å². The molecule has 0 aliphatic heterocycles. The Hall–Kier alpha value is -2.35. The van der Waals surface area contributed by atoms with E-state index in [2.05, 4.69) is 25.0 Å². The average molecular weight is 348 g/mol. The minimum absolute atomic E-state index is 0.0498. The van der Waals surface area contributed by atoms with Gasteiger partial charge in [-0.3, -0.25) is 4.98 Å². The molecule has 0 bridgehead atoms. The molecule has 1 aliphatic carbocycles. The van der Waals surface area contributed by atoms with Crippen LogP contribution in [-0.4, -0.2) is 21.6 Å². The zero-order valence-electron chi connectivity index (χ0n) is 12.6. The number of ether oxygens (including phenoxy) is 1. The molecule has 8 heteroatoms. The van der Waals surface area contributed by atoms with E-state index >= 15 is 0 Å². The number of fused-ring (bicyclic) bond motifs is 3. The summed E-state index contributed by atoms with van der Waals surface area (Å²) in [6, 6.07) is 3.13. The van der Waals surface area contributed by atoms with Crippen molar-refractivity contribution in [2.75, 3.05) is 5.32 Å². The molecule has 4 rings (SSSR count). The molecule has 0 spiro atoms. The maximum atomic E-state index is 12.1. The minimum atomic E-state index is -2.84. The largest absolute Gasteiger partial charge is 0.433 e. The van der Waals surface area contributed by atoms with Crippen LogP contribution in [-0.2, 0) is 19.4 Å². The van der Waals surface area contributed by atoms with E-state index in [0.717, 1.165) is 34.6 Å². The normalized spacial score (nSPS) is 13.5. The Balaban J connectivity index is 1.53. The monoisotopic (exact) mass is 348 g/mol. The number of nitrogens with zero attached hydrogens (tertiary/aromatic N) is 3. The number of nitrogens with one attached hydrogen (secondary N) is 1. The van der Waals surface area contributed by atoms with E-state index in [9.17, 15) is 8.78 Å². The SMILES string of the molecule is FC(F)Oc1ccc(CNc2ncnc3sc4c(c23)CCC4)nc1. The average Bonchev–Trinajstić information content (AvgIpc) is 3.14. The molecule has 3 aromatic rings. The fourth-order valence-corrected chi connectivity index (χ4v) is 4.15. The number of alkyl halides is 2. The van der Waals surface area contributed by atoms with Gasteiger partial charge in [0.25, 0.3) is 0 Å². The Kier molecular flexibility index (Phi) is 3.97. The van der Waals surface area contributed by atoms with Gasteiger partial charge in [0.2, 0.25) is 0 Å². The van der Waals surface area contributed by atoms with Crippen LogP contribution in [0.3, 0.4) is 0 Å². The molecule has 3 heterocycles. The number of thiophene rings is 1. The fourth-order valence-electron chi connectivity index (χ4n) is 2.92. The molecule has 1 N–H and O–H groups in total. The summed E-state index contributed by atoms with van der Waals surface area (Å²) in [4.78, 5) is 15.3. The lowest BCUT2D eigenvalue weighted by molar-refractivity contribution is -0.0500. The second-order valence-corrected chi connectivity index (χ2v) is 6.56. The number of halogens is 2. The van der Waals surface area contributed by atoms with Gasteiger partial charge in [-0.25, -0.2) is 9.97 Å². The van der Waals surface area contributed by atoms with E-state index in [1.807, 2.05) is 0 Å². The van der Waals surface area contributed by atoms with E-state index in [0.29, 0.717) is 6.54 Å². The van der Waals surface area contributed by atoms with Crippen LogP contribution in [0, 0.1) is 0 Å². The Morgan fingerprint density at radius 3 is 2.92 bits per heavy atom. The molecular formula is C16H14F2N4OS. The molecule has 5 nitrogen and oxygen atoms in total. The van der Waals surface area contributed by atoms with Crippen molar-refractivity contribution in [3.63, 3.8) is 0 Å². The highest BCUT2D eigenvalue weighted by molar-refractivity contribution is 7.19. The summed E-state index contributed by atoms with van der Waals surface area (Å²) in [5, 5.41) is 4.39. The van der Waals surface area contributed by atoms with Gasteiger partial charge in [0.05, 0.1) is 23.8 Å². The van der Waals surface area contributed by atoms with Crippen LogP contribution in [0.1, 0.15) is 22.6 Å². The maximum Gasteiger partial charge on any atom is 0.387 e. The standard InChI is InChI=1S/C16H14F2N4OS/c17-16(18)23-10-5-4-9(19-7-10)6-20-14-13-11-2-1-3-12(11)24-15(13)22-8-21-14/h4-5,7-8,16H,1-3,6H2,(H,20,21,22). The van der Waals surface area contributed by atoms with Crippen LogP contribution < -0.4 is 10.1 Å². The van der Waals surface area contributed by atoms with Crippen LogP contribution in [0.4, 0.5) is 14.6 Å². The Morgan fingerprint density at radius 1 is 1.21 bits per heavy atom. The first-order valence-electron chi connectivity index (χ1n) is 7.59. The van der Waals surface area contributed by atoms with Crippen LogP contribution in [0.15, 0.2) is 24.7 Å². The summed E-state index contributed by atoms with van der Waals surface area (Å²) in [5.74, 6) is 0.850. The van der Waals surface area contributed by atoms with Gasteiger partial charge in [0.15, 0.2) is 0 Å². The molecule has 24 heavy (non-hydrogen) atoms. The van der Waals surface area contributed by atoms with Crippen LogP contribution in [0.2, 0.25) is 0 Å². The van der Waals surface area contributed by atoms with Crippen molar-refractivity contribution in [3.8, 4) is 5.75 Å². The quantitative estimate of drug-likeness (QED) is 0.760. The predicted octanol–water partition coefficient (Wildman–Crippen LogP) is 3.79. The summed E-state index contributed by atoms with van der Waals surface area (Å²) < 4.78 is 28.6. The van der Waals surface area contributed by atoms with Crippen molar-refractivity contribution in [2.45, 2.75) is 32.4 Å². The lowest BCUT2D eigenvalue weighted by Crippen LogP contribution is -2.06. The van der Waals surface area contributed by atoms with Crippen LogP contribution in [0.5, 0.6) is 5.75 Å². The van der Waals surface area contributed by atoms with Crippen molar-refractivity contribution in [1.29, 1.82) is 0 Å². The lowest BCUT2D eigenvalue weighted by atomic mass is 10.2. The van der Waals surface area contributed by atoms with E-state index in [1.165, 1.54) is 29.1 Å². The number of aromatic nitrogens is 3. The smallest absolute Gasteiger partial charge is 0.387 e. The number of hydrogen-bond acceptors (Lipinski definition) is 6. The van der Waals surface area contributed by atoms with Crippen LogP contribution in [0.25, 0.3) is 10.2 Å². The second kappa shape index (κ2) is 6.27. The third kappa shape index (κ3) is 2.89. The van der Waals surface area contributed by atoms with Gasteiger partial charge in [0.1, 0.15) is 22.7 Å². The Morgan fingerprint density at radius 2 is 2.12 bits per heavy atom. The fraction of sp³-hybridized carbons (Fsp3) is 0.312. The molecule has 0 amide bonds. The van der Waals surface area contributed by atoms with E-state index in [1.54, 1.807) is 23.7 Å². The van der Waals surface area contributed by atoms with E-state index in [4.69, 9.17) is 0 Å². The number of rotatable bonds is 5. The lowest BCUT2D eigenvalue weighted by Gasteiger charge is -2.08. The van der Waals surface area contributed by atoms with Gasteiger partial charge in [-0.1, -0.05) is 0 Å². The van der Waals surface area contributed by atoms with Gasteiger partial charge in [-0.05, 0) is 37.0 Å². The van der Waals surface area contributed by atoms with Crippen molar-refractivity contribution in [3.05, 3.63) is 40.8 Å². The number of anilines is 1. The summed E-state index contributed by atoms with van der Waals surface area (Å²) in [6.07, 6.45) is 6.21. The van der Waals surface area contributed by atoms with Crippen molar-refractivity contribution in [1.82, 2.24) is 15.0 Å². The third-order valence-electron chi connectivity index (χ3n) is 3.96. The molecule has 0 aromatic carbocycles. The molecule has 0 radical (unpaired) electrons. The van der Waals surface area contributed by atoms with Gasteiger partial charge < -0.3 is 10.1 Å². The molecule has 0 saturated carbocycles. The molecule has 0 fully saturated rings. The Labute approximate surface area is 140 Å². The molecule has 124 valence electrons. The van der Waals surface area contributed by atoms with Gasteiger partial charge in [-0.2, -0.15) is 8.78 Å². The first-order chi connectivity index (χ1) is 11.7. The molecular weight excluding hydrogens is 334 g/mol. The molecule has 0 saturated heterocycles. The minimum Gasteiger partial charge on any atom is -0.433 e. The van der Waals surface area contributed by atoms with Crippen molar-refractivity contribution in [2.24, 2.45) is 0 Å². The van der Waals surface area contributed by atoms with E-state index in [-0.39, 0.29) is 5.75 Å². The molecule has 3 aromatic heterocycles. The van der Waals surface area contributed by atoms with Crippen molar-refractivity contribution >= 4 is 27.4 Å². The molecule has 0 unspecified atom stereocenters. The van der Waals surface area contributed by atoms with E-state index < -0.39 is 6.61 Å². The van der Waals surface area contributed by atoms with Crippen LogP contribution >= 0.6 is 11.3 Å². The maximum absolute atomic E-state index is 12.1. The van der Waals surface area contributed by atoms with Gasteiger partial charge >= 0.3 is 6.61 Å².